The predicted octanol–water partition coefficient (Wildman–Crippen LogP) is 6.06. The van der Waals surface area contributed by atoms with E-state index in [4.69, 9.17) is 4.74 Å². The van der Waals surface area contributed by atoms with Crippen LogP contribution in [0.15, 0.2) is 72.8 Å². The molecule has 4 atom stereocenters. The van der Waals surface area contributed by atoms with Crippen LogP contribution in [0, 0.1) is 19.8 Å². The van der Waals surface area contributed by atoms with E-state index in [0.717, 1.165) is 23.1 Å². The Morgan fingerprint density at radius 2 is 1.67 bits per heavy atom. The van der Waals surface area contributed by atoms with E-state index in [2.05, 4.69) is 10.6 Å². The lowest BCUT2D eigenvalue weighted by Crippen LogP contribution is -2.54. The summed E-state index contributed by atoms with van der Waals surface area (Å²) in [6.45, 7) is 11.2. The van der Waals surface area contributed by atoms with Crippen LogP contribution in [0.3, 0.4) is 0 Å². The second-order valence-corrected chi connectivity index (χ2v) is 12.2. The molecule has 0 spiro atoms. The maximum Gasteiger partial charge on any atom is 0.408 e. The van der Waals surface area contributed by atoms with E-state index in [0.29, 0.717) is 11.3 Å². The molecule has 0 radical (unpaired) electrons. The number of benzene rings is 3. The third kappa shape index (κ3) is 7.90. The largest absolute Gasteiger partial charge is 0.508 e. The number of nitrogens with zero attached hydrogens (tertiary/aromatic N) is 1. The van der Waals surface area contributed by atoms with Crippen LogP contribution < -0.4 is 10.6 Å². The van der Waals surface area contributed by atoms with Gasteiger partial charge in [0.15, 0.2) is 0 Å². The average Bonchev–Trinajstić information content (AvgIpc) is 3.63. The molecule has 1 saturated carbocycles. The van der Waals surface area contributed by atoms with E-state index >= 15 is 0 Å². The number of ether oxygens (including phenoxy) is 1. The highest BCUT2D eigenvalue weighted by Crippen LogP contribution is 2.41. The summed E-state index contributed by atoms with van der Waals surface area (Å²) in [5.41, 5.74) is 3.20. The summed E-state index contributed by atoms with van der Waals surface area (Å²) < 4.78 is 5.51. The van der Waals surface area contributed by atoms with Gasteiger partial charge >= 0.3 is 6.09 Å². The number of aromatic hydroxyl groups is 1. The summed E-state index contributed by atoms with van der Waals surface area (Å²) in [6, 6.07) is 19.5. The van der Waals surface area contributed by atoms with Crippen molar-refractivity contribution < 1.29 is 24.2 Å². The smallest absolute Gasteiger partial charge is 0.408 e. The number of para-hydroxylation sites is 1. The number of alkyl carbamates (subject to hydrolysis) is 1. The number of phenols is 1. The van der Waals surface area contributed by atoms with Crippen LogP contribution in [0.5, 0.6) is 5.75 Å². The Balaban J connectivity index is 1.75. The van der Waals surface area contributed by atoms with Gasteiger partial charge in [-0.25, -0.2) is 4.79 Å². The predicted molar refractivity (Wildman–Crippen MR) is 163 cm³/mol. The molecule has 8 heteroatoms. The molecule has 1 aliphatic rings. The van der Waals surface area contributed by atoms with Crippen molar-refractivity contribution >= 4 is 23.6 Å². The molecule has 3 aromatic carbocycles. The highest BCUT2D eigenvalue weighted by molar-refractivity contribution is 5.99. The summed E-state index contributed by atoms with van der Waals surface area (Å²) in [5, 5.41) is 15.6. The molecule has 0 heterocycles. The van der Waals surface area contributed by atoms with Gasteiger partial charge in [-0.1, -0.05) is 67.1 Å². The molecule has 1 aliphatic carbocycles. The van der Waals surface area contributed by atoms with Crippen LogP contribution in [0.4, 0.5) is 10.5 Å². The lowest BCUT2D eigenvalue weighted by Gasteiger charge is -2.35. The fourth-order valence-electron chi connectivity index (χ4n) is 5.06. The Morgan fingerprint density at radius 3 is 2.26 bits per heavy atom. The summed E-state index contributed by atoms with van der Waals surface area (Å²) in [5.74, 6) is -0.427. The van der Waals surface area contributed by atoms with E-state index in [1.165, 1.54) is 12.1 Å². The van der Waals surface area contributed by atoms with Gasteiger partial charge in [0, 0.05) is 18.2 Å². The van der Waals surface area contributed by atoms with Gasteiger partial charge in [0.25, 0.3) is 5.91 Å². The van der Waals surface area contributed by atoms with Crippen LogP contribution in [0.1, 0.15) is 62.4 Å². The highest BCUT2D eigenvalue weighted by Gasteiger charge is 2.48. The molecule has 4 rings (SSSR count). The van der Waals surface area contributed by atoms with Crippen molar-refractivity contribution in [3.05, 3.63) is 95.1 Å². The van der Waals surface area contributed by atoms with Crippen molar-refractivity contribution in [2.45, 2.75) is 78.1 Å². The summed E-state index contributed by atoms with van der Waals surface area (Å²) >= 11 is 0. The SMILES string of the molecule is Cc1cccc(C(C(=O)Nc2ccccc2C)N(C(=O)C(Cc2ccc(O)cc2)NC(=O)OC(C)(C)C)C2CC2C)c1. The van der Waals surface area contributed by atoms with Crippen molar-refractivity contribution in [2.75, 3.05) is 5.32 Å². The molecule has 222 valence electrons. The number of carbonyl (C=O) groups excluding carboxylic acids is 3. The Bertz CT molecular complexity index is 1430. The minimum Gasteiger partial charge on any atom is -0.508 e. The molecule has 0 aromatic heterocycles. The zero-order valence-corrected chi connectivity index (χ0v) is 25.2. The average molecular weight is 572 g/mol. The molecule has 3 N–H and O–H groups in total. The molecule has 1 fully saturated rings. The Kier molecular flexibility index (Phi) is 9.24. The number of amides is 3. The number of anilines is 1. The van der Waals surface area contributed by atoms with Crippen molar-refractivity contribution in [2.24, 2.45) is 5.92 Å². The molecule has 4 unspecified atom stereocenters. The van der Waals surface area contributed by atoms with Crippen molar-refractivity contribution in [3.8, 4) is 5.75 Å². The van der Waals surface area contributed by atoms with E-state index in [-0.39, 0.29) is 35.9 Å². The lowest BCUT2D eigenvalue weighted by molar-refractivity contribution is -0.141. The lowest BCUT2D eigenvalue weighted by atomic mass is 9.98. The number of rotatable bonds is 9. The Labute approximate surface area is 248 Å². The van der Waals surface area contributed by atoms with Crippen molar-refractivity contribution in [1.29, 1.82) is 0 Å². The Hall–Kier alpha value is -4.33. The number of phenolic OH excluding ortho intramolecular Hbond substituents is 1. The third-order valence-corrected chi connectivity index (χ3v) is 7.33. The monoisotopic (exact) mass is 571 g/mol. The second kappa shape index (κ2) is 12.7. The standard InChI is InChI=1S/C34H41N3O5/c1-21-10-9-12-25(18-21)30(31(39)35-27-13-8-7-11-22(27)2)37(29-19-23(29)3)32(40)28(36-33(41)42-34(4,5)6)20-24-14-16-26(38)17-15-24/h7-18,23,28-30,38H,19-20H2,1-6H3,(H,35,39)(H,36,41). The van der Waals surface area contributed by atoms with Crippen LogP contribution in [0.2, 0.25) is 0 Å². The quantitative estimate of drug-likeness (QED) is 0.289. The molecule has 3 aromatic rings. The van der Waals surface area contributed by atoms with Crippen molar-refractivity contribution in [3.63, 3.8) is 0 Å². The molecule has 0 bridgehead atoms. The molecular formula is C34H41N3O5. The summed E-state index contributed by atoms with van der Waals surface area (Å²) in [6.07, 6.45) is 0.167. The molecule has 0 aliphatic heterocycles. The second-order valence-electron chi connectivity index (χ2n) is 12.2. The van der Waals surface area contributed by atoms with Crippen LogP contribution in [0.25, 0.3) is 0 Å². The fraction of sp³-hybridized carbons (Fsp3) is 0.382. The van der Waals surface area contributed by atoms with E-state index < -0.39 is 23.8 Å². The molecule has 3 amide bonds. The first-order chi connectivity index (χ1) is 19.8. The zero-order chi connectivity index (χ0) is 30.6. The van der Waals surface area contributed by atoms with Gasteiger partial charge in [0.05, 0.1) is 0 Å². The van der Waals surface area contributed by atoms with Gasteiger partial charge in [-0.2, -0.15) is 0 Å². The molecule has 0 saturated heterocycles. The fourth-order valence-corrected chi connectivity index (χ4v) is 5.06. The van der Waals surface area contributed by atoms with Crippen LogP contribution >= 0.6 is 0 Å². The first kappa shape index (κ1) is 30.6. The molecule has 42 heavy (non-hydrogen) atoms. The number of aryl methyl sites for hydroxylation is 2. The number of hydrogen-bond donors (Lipinski definition) is 3. The topological polar surface area (TPSA) is 108 Å². The summed E-state index contributed by atoms with van der Waals surface area (Å²) in [4.78, 5) is 43.3. The van der Waals surface area contributed by atoms with E-state index in [1.807, 2.05) is 69.3 Å². The van der Waals surface area contributed by atoms with Gasteiger partial charge in [-0.15, -0.1) is 0 Å². The highest BCUT2D eigenvalue weighted by atomic mass is 16.6. The van der Waals surface area contributed by atoms with Gasteiger partial charge in [0.2, 0.25) is 5.91 Å². The van der Waals surface area contributed by atoms with Gasteiger partial charge in [-0.3, -0.25) is 9.59 Å². The first-order valence-corrected chi connectivity index (χ1v) is 14.3. The third-order valence-electron chi connectivity index (χ3n) is 7.33. The zero-order valence-electron chi connectivity index (χ0n) is 25.2. The van der Waals surface area contributed by atoms with E-state index in [9.17, 15) is 19.5 Å². The maximum atomic E-state index is 14.6. The maximum absolute atomic E-state index is 14.6. The van der Waals surface area contributed by atoms with Crippen molar-refractivity contribution in [1.82, 2.24) is 10.2 Å². The van der Waals surface area contributed by atoms with Gasteiger partial charge in [-0.05, 0) is 81.8 Å². The van der Waals surface area contributed by atoms with Crippen LogP contribution in [-0.4, -0.2) is 45.6 Å². The summed E-state index contributed by atoms with van der Waals surface area (Å²) in [7, 11) is 0. The number of carbonyl (C=O) groups is 3. The van der Waals surface area contributed by atoms with Gasteiger partial charge < -0.3 is 25.4 Å². The molecule has 8 nitrogen and oxygen atoms in total. The number of hydrogen-bond acceptors (Lipinski definition) is 5. The normalized spacial score (nSPS) is 17.5. The van der Waals surface area contributed by atoms with E-state index in [1.54, 1.807) is 37.8 Å². The van der Waals surface area contributed by atoms with Crippen LogP contribution in [-0.2, 0) is 20.7 Å². The number of nitrogens with one attached hydrogen (secondary N) is 2. The Morgan fingerprint density at radius 1 is 1.00 bits per heavy atom. The first-order valence-electron chi connectivity index (χ1n) is 14.3. The minimum atomic E-state index is -1.02. The minimum absolute atomic E-state index is 0.0996. The molecular weight excluding hydrogens is 530 g/mol. The van der Waals surface area contributed by atoms with Gasteiger partial charge in [0.1, 0.15) is 23.4 Å².